The summed E-state index contributed by atoms with van der Waals surface area (Å²) in [5, 5.41) is 5.31. The van der Waals surface area contributed by atoms with Gasteiger partial charge in [0.05, 0.1) is 35.9 Å². The Hall–Kier alpha value is -1.95. The van der Waals surface area contributed by atoms with E-state index in [4.69, 9.17) is 4.74 Å². The van der Waals surface area contributed by atoms with Crippen molar-refractivity contribution in [1.82, 2.24) is 19.7 Å². The van der Waals surface area contributed by atoms with Gasteiger partial charge in [-0.05, 0) is 39.7 Å². The summed E-state index contributed by atoms with van der Waals surface area (Å²) >= 11 is 0. The van der Waals surface area contributed by atoms with Crippen LogP contribution in [0.2, 0.25) is 0 Å². The van der Waals surface area contributed by atoms with E-state index in [1.807, 2.05) is 22.6 Å². The molecule has 4 rings (SSSR count). The van der Waals surface area contributed by atoms with Crippen LogP contribution in [0, 0.1) is 6.92 Å². The van der Waals surface area contributed by atoms with Crippen molar-refractivity contribution in [2.45, 2.75) is 64.6 Å². The summed E-state index contributed by atoms with van der Waals surface area (Å²) in [6.45, 7) is 7.39. The molecule has 2 aromatic heterocycles. The van der Waals surface area contributed by atoms with Crippen molar-refractivity contribution in [2.24, 2.45) is 0 Å². The first-order valence-corrected chi connectivity index (χ1v) is 9.33. The number of carbonyl (C=O) groups is 1. The second-order valence-electron chi connectivity index (χ2n) is 7.49. The average Bonchev–Trinajstić information content (AvgIpc) is 3.04. The lowest BCUT2D eigenvalue weighted by Crippen LogP contribution is -2.54. The van der Waals surface area contributed by atoms with Gasteiger partial charge in [-0.2, -0.15) is 5.10 Å². The van der Waals surface area contributed by atoms with Crippen molar-refractivity contribution in [1.29, 1.82) is 0 Å². The minimum absolute atomic E-state index is 0.0963. The first-order chi connectivity index (χ1) is 12.1. The van der Waals surface area contributed by atoms with E-state index in [-0.39, 0.29) is 24.1 Å². The van der Waals surface area contributed by atoms with E-state index in [1.54, 1.807) is 6.20 Å². The van der Waals surface area contributed by atoms with E-state index in [2.05, 4.69) is 23.9 Å². The van der Waals surface area contributed by atoms with E-state index in [0.717, 1.165) is 35.1 Å². The zero-order chi connectivity index (χ0) is 17.6. The molecule has 0 aromatic carbocycles. The van der Waals surface area contributed by atoms with Crippen molar-refractivity contribution < 1.29 is 9.53 Å². The predicted molar refractivity (Wildman–Crippen MR) is 95.7 cm³/mol. The molecule has 0 N–H and O–H groups in total. The Morgan fingerprint density at radius 1 is 1.32 bits per heavy atom. The Kier molecular flexibility index (Phi) is 4.23. The number of aromatic nitrogens is 3. The van der Waals surface area contributed by atoms with Crippen LogP contribution < -0.4 is 0 Å². The fourth-order valence-electron chi connectivity index (χ4n) is 4.20. The van der Waals surface area contributed by atoms with E-state index in [0.29, 0.717) is 13.2 Å². The predicted octanol–water partition coefficient (Wildman–Crippen LogP) is 3.10. The first kappa shape index (κ1) is 16.5. The number of rotatable bonds is 2. The zero-order valence-corrected chi connectivity index (χ0v) is 15.2. The second kappa shape index (κ2) is 6.41. The molecule has 0 radical (unpaired) electrons. The van der Waals surface area contributed by atoms with Gasteiger partial charge in [0.1, 0.15) is 0 Å². The lowest BCUT2D eigenvalue weighted by atomic mass is 9.89. The number of pyridine rings is 1. The van der Waals surface area contributed by atoms with Crippen molar-refractivity contribution in [3.05, 3.63) is 23.5 Å². The number of carbonyl (C=O) groups excluding carboxylic acids is 1. The first-order valence-electron chi connectivity index (χ1n) is 9.33. The Bertz CT molecular complexity index is 796. The van der Waals surface area contributed by atoms with Gasteiger partial charge in [-0.1, -0.05) is 12.8 Å². The van der Waals surface area contributed by atoms with Crippen LogP contribution >= 0.6 is 0 Å². The number of hydrogen-bond donors (Lipinski definition) is 0. The normalized spacial score (nSPS) is 23.9. The highest BCUT2D eigenvalue weighted by atomic mass is 16.5. The Morgan fingerprint density at radius 2 is 2.12 bits per heavy atom. The Labute approximate surface area is 148 Å². The van der Waals surface area contributed by atoms with Crippen molar-refractivity contribution in [3.8, 4) is 0 Å². The average molecular weight is 342 g/mol. The molecule has 2 aromatic rings. The molecule has 0 spiro atoms. The largest absolute Gasteiger partial charge is 0.374 e. The second-order valence-corrected chi connectivity index (χ2v) is 7.49. The van der Waals surface area contributed by atoms with Crippen LogP contribution in [0.25, 0.3) is 11.0 Å². The maximum Gasteiger partial charge on any atom is 0.255 e. The molecule has 0 bridgehead atoms. The lowest BCUT2D eigenvalue weighted by Gasteiger charge is -2.43. The maximum absolute atomic E-state index is 13.4. The Morgan fingerprint density at radius 3 is 2.92 bits per heavy atom. The van der Waals surface area contributed by atoms with Crippen LogP contribution in [0.3, 0.4) is 0 Å². The van der Waals surface area contributed by atoms with Crippen LogP contribution in [0.1, 0.15) is 61.6 Å². The standard InChI is InChI=1S/C19H26N4O2/c1-12(2)23-18-15(11-20-23)14(10-13(3)21-18)19(24)22-8-9-25-17-7-5-4-6-16(17)22/h10-12,16-17H,4-9H2,1-3H3. The number of hydrogen-bond acceptors (Lipinski definition) is 4. The summed E-state index contributed by atoms with van der Waals surface area (Å²) in [5.41, 5.74) is 2.37. The van der Waals surface area contributed by atoms with Crippen LogP contribution in [0.15, 0.2) is 12.3 Å². The van der Waals surface area contributed by atoms with E-state index >= 15 is 0 Å². The van der Waals surface area contributed by atoms with Crippen molar-refractivity contribution in [3.63, 3.8) is 0 Å². The van der Waals surface area contributed by atoms with Gasteiger partial charge in [0, 0.05) is 18.3 Å². The van der Waals surface area contributed by atoms with Gasteiger partial charge in [0.2, 0.25) is 0 Å². The summed E-state index contributed by atoms with van der Waals surface area (Å²) < 4.78 is 7.81. The molecule has 1 amide bonds. The van der Waals surface area contributed by atoms with Crippen molar-refractivity contribution in [2.75, 3.05) is 13.2 Å². The summed E-state index contributed by atoms with van der Waals surface area (Å²) in [6.07, 6.45) is 6.45. The summed E-state index contributed by atoms with van der Waals surface area (Å²) in [6, 6.07) is 2.32. The van der Waals surface area contributed by atoms with Gasteiger partial charge in [0.15, 0.2) is 5.65 Å². The topological polar surface area (TPSA) is 60.3 Å². The SMILES string of the molecule is Cc1cc(C(=O)N2CCOC3CCCCC32)c2cnn(C(C)C)c2n1. The highest BCUT2D eigenvalue weighted by molar-refractivity contribution is 6.05. The molecule has 25 heavy (non-hydrogen) atoms. The van der Waals surface area contributed by atoms with Gasteiger partial charge in [-0.25, -0.2) is 9.67 Å². The molecule has 1 saturated carbocycles. The third-order valence-corrected chi connectivity index (χ3v) is 5.41. The number of aryl methyl sites for hydroxylation is 1. The minimum atomic E-state index is 0.0963. The molecule has 1 aliphatic heterocycles. The number of morpholine rings is 1. The smallest absolute Gasteiger partial charge is 0.255 e. The van der Waals surface area contributed by atoms with E-state index < -0.39 is 0 Å². The molecular weight excluding hydrogens is 316 g/mol. The summed E-state index contributed by atoms with van der Waals surface area (Å²) in [4.78, 5) is 20.1. The fraction of sp³-hybridized carbons (Fsp3) is 0.632. The van der Waals surface area contributed by atoms with Crippen LogP contribution in [-0.2, 0) is 4.74 Å². The third kappa shape index (κ3) is 2.82. The van der Waals surface area contributed by atoms with Crippen molar-refractivity contribution >= 4 is 16.9 Å². The lowest BCUT2D eigenvalue weighted by molar-refractivity contribution is -0.0752. The number of amides is 1. The third-order valence-electron chi connectivity index (χ3n) is 5.41. The van der Waals surface area contributed by atoms with E-state index in [9.17, 15) is 4.79 Å². The van der Waals surface area contributed by atoms with Crippen LogP contribution in [-0.4, -0.2) is 50.9 Å². The molecule has 6 heteroatoms. The highest BCUT2D eigenvalue weighted by Gasteiger charge is 2.37. The van der Waals surface area contributed by atoms with Crippen LogP contribution in [0.5, 0.6) is 0 Å². The van der Waals surface area contributed by atoms with Gasteiger partial charge >= 0.3 is 0 Å². The molecule has 6 nitrogen and oxygen atoms in total. The zero-order valence-electron chi connectivity index (χ0n) is 15.2. The number of fused-ring (bicyclic) bond motifs is 2. The Balaban J connectivity index is 1.74. The molecule has 3 heterocycles. The minimum Gasteiger partial charge on any atom is -0.374 e. The quantitative estimate of drug-likeness (QED) is 0.841. The summed E-state index contributed by atoms with van der Waals surface area (Å²) in [5.74, 6) is 0.0963. The van der Waals surface area contributed by atoms with Gasteiger partial charge < -0.3 is 9.64 Å². The maximum atomic E-state index is 13.4. The highest BCUT2D eigenvalue weighted by Crippen LogP contribution is 2.31. The molecule has 1 aliphatic carbocycles. The molecule has 2 atom stereocenters. The summed E-state index contributed by atoms with van der Waals surface area (Å²) in [7, 11) is 0. The molecule has 2 fully saturated rings. The fourth-order valence-corrected chi connectivity index (χ4v) is 4.20. The molecule has 134 valence electrons. The van der Waals surface area contributed by atoms with Gasteiger partial charge in [-0.3, -0.25) is 4.79 Å². The van der Waals surface area contributed by atoms with E-state index in [1.165, 1.54) is 12.8 Å². The molecule has 1 saturated heterocycles. The van der Waals surface area contributed by atoms with Crippen LogP contribution in [0.4, 0.5) is 0 Å². The van der Waals surface area contributed by atoms with Gasteiger partial charge in [0.25, 0.3) is 5.91 Å². The monoisotopic (exact) mass is 342 g/mol. The molecule has 2 aliphatic rings. The molecular formula is C19H26N4O2. The number of ether oxygens (including phenoxy) is 1. The molecule has 2 unspecified atom stereocenters. The van der Waals surface area contributed by atoms with Gasteiger partial charge in [-0.15, -0.1) is 0 Å². The number of nitrogens with zero attached hydrogens (tertiary/aromatic N) is 4.